The van der Waals surface area contributed by atoms with Crippen LogP contribution in [0.4, 0.5) is 11.4 Å². The molecule has 1 fully saturated rings. The fraction of sp³-hybridized carbons (Fsp3) is 0.533. The fourth-order valence-corrected chi connectivity index (χ4v) is 6.49. The number of phenols is 1. The number of carbonyl (C=O) groups excluding carboxylic acids is 4. The first kappa shape index (κ1) is 31.0. The molecule has 42 heavy (non-hydrogen) atoms. The van der Waals surface area contributed by atoms with Crippen LogP contribution in [0.3, 0.4) is 0 Å². The molecule has 0 saturated heterocycles. The Kier molecular flexibility index (Phi) is 7.71. The number of rotatable bonds is 6. The highest BCUT2D eigenvalue weighted by atomic mass is 16.3. The molecule has 12 nitrogen and oxygen atoms in total. The number of Topliss-reactive ketones (excluding diaryl/α,β-unsaturated/α-hetero) is 2. The maximum absolute atomic E-state index is 14.1. The summed E-state index contributed by atoms with van der Waals surface area (Å²) in [5, 5.41) is 48.4. The lowest BCUT2D eigenvalue weighted by Crippen LogP contribution is -2.65. The van der Waals surface area contributed by atoms with Crippen molar-refractivity contribution in [3.05, 3.63) is 34.1 Å². The molecule has 0 aliphatic heterocycles. The molecule has 0 aromatic heterocycles. The number of nitrogens with zero attached hydrogens (tertiary/aromatic N) is 2. The molecule has 1 saturated carbocycles. The molecule has 0 unspecified atom stereocenters. The van der Waals surface area contributed by atoms with Crippen molar-refractivity contribution in [3.8, 4) is 5.75 Å². The molecule has 12 heteroatoms. The molecule has 0 radical (unpaired) electrons. The van der Waals surface area contributed by atoms with Gasteiger partial charge in [0.15, 0.2) is 11.4 Å². The number of likely N-dealkylation sites (N-methyl/N-ethyl adjacent to an activating group) is 1. The number of nitrogens with two attached hydrogens (primary N) is 1. The van der Waals surface area contributed by atoms with E-state index < -0.39 is 63.8 Å². The number of benzene rings is 1. The lowest BCUT2D eigenvalue weighted by atomic mass is 9.57. The predicted molar refractivity (Wildman–Crippen MR) is 156 cm³/mol. The summed E-state index contributed by atoms with van der Waals surface area (Å²) in [6.07, 6.45) is 0.925. The minimum atomic E-state index is -2.72. The molecule has 0 heterocycles. The predicted octanol–water partition coefficient (Wildman–Crippen LogP) is 1.79. The van der Waals surface area contributed by atoms with Crippen LogP contribution in [0.15, 0.2) is 23.0 Å². The van der Waals surface area contributed by atoms with Crippen LogP contribution in [0.2, 0.25) is 0 Å². The largest absolute Gasteiger partial charge is 0.508 e. The minimum absolute atomic E-state index is 0.00924. The van der Waals surface area contributed by atoms with Crippen molar-refractivity contribution in [1.82, 2.24) is 4.90 Å². The molecule has 0 spiro atoms. The minimum Gasteiger partial charge on any atom is -0.508 e. The Labute approximate surface area is 244 Å². The van der Waals surface area contributed by atoms with Gasteiger partial charge in [-0.25, -0.2) is 0 Å². The van der Waals surface area contributed by atoms with Gasteiger partial charge in [-0.05, 0) is 56.3 Å². The summed E-state index contributed by atoms with van der Waals surface area (Å²) in [6.45, 7) is 6.01. The number of nitrogens with one attached hydrogen (secondary N) is 1. The summed E-state index contributed by atoms with van der Waals surface area (Å²) in [4.78, 5) is 55.4. The fourth-order valence-electron chi connectivity index (χ4n) is 6.49. The third-order valence-corrected chi connectivity index (χ3v) is 8.56. The summed E-state index contributed by atoms with van der Waals surface area (Å²) in [7, 11) is 6.61. The van der Waals surface area contributed by atoms with Crippen LogP contribution in [0, 0.1) is 17.3 Å². The molecule has 2 amide bonds. The number of primary amides is 1. The van der Waals surface area contributed by atoms with Crippen LogP contribution < -0.4 is 16.0 Å². The Morgan fingerprint density at radius 3 is 2.26 bits per heavy atom. The van der Waals surface area contributed by atoms with E-state index >= 15 is 0 Å². The molecular formula is C30H40N4O8. The van der Waals surface area contributed by atoms with Gasteiger partial charge in [0.2, 0.25) is 11.7 Å². The van der Waals surface area contributed by atoms with Gasteiger partial charge >= 0.3 is 0 Å². The first-order chi connectivity index (χ1) is 19.3. The number of hydrogen-bond acceptors (Lipinski definition) is 10. The van der Waals surface area contributed by atoms with Gasteiger partial charge in [0, 0.05) is 37.7 Å². The number of ketones is 2. The number of phenolic OH excluding ortho intramolecular Hbond substituents is 1. The van der Waals surface area contributed by atoms with Crippen LogP contribution in [0.1, 0.15) is 51.2 Å². The third kappa shape index (κ3) is 4.82. The van der Waals surface area contributed by atoms with Crippen LogP contribution >= 0.6 is 0 Å². The first-order valence-electron chi connectivity index (χ1n) is 13.8. The third-order valence-electron chi connectivity index (χ3n) is 8.56. The van der Waals surface area contributed by atoms with Gasteiger partial charge in [0.25, 0.3) is 5.91 Å². The summed E-state index contributed by atoms with van der Waals surface area (Å²) in [5.41, 5.74) is 2.49. The van der Waals surface area contributed by atoms with Crippen molar-refractivity contribution in [1.29, 1.82) is 0 Å². The van der Waals surface area contributed by atoms with Crippen LogP contribution in [-0.2, 0) is 25.6 Å². The average Bonchev–Trinajstić information content (AvgIpc) is 2.85. The summed E-state index contributed by atoms with van der Waals surface area (Å²) in [6, 6.07) is 0.443. The second-order valence-electron chi connectivity index (χ2n) is 13.1. The number of amides is 2. The first-order valence-corrected chi connectivity index (χ1v) is 13.8. The van der Waals surface area contributed by atoms with Gasteiger partial charge in [-0.2, -0.15) is 0 Å². The van der Waals surface area contributed by atoms with E-state index in [1.54, 1.807) is 39.2 Å². The zero-order chi connectivity index (χ0) is 31.6. The van der Waals surface area contributed by atoms with Gasteiger partial charge in [-0.15, -0.1) is 0 Å². The number of hydrogen-bond donors (Lipinski definition) is 6. The molecular weight excluding hydrogens is 544 g/mol. The highest BCUT2D eigenvalue weighted by Gasteiger charge is 2.64. The number of aliphatic hydroxyl groups is 3. The molecule has 4 rings (SSSR count). The quantitative estimate of drug-likeness (QED) is 0.212. The summed E-state index contributed by atoms with van der Waals surface area (Å²) in [5.74, 6) is -7.59. The van der Waals surface area contributed by atoms with Gasteiger partial charge in [-0.1, -0.05) is 20.8 Å². The molecule has 0 bridgehead atoms. The maximum atomic E-state index is 14.1. The van der Waals surface area contributed by atoms with E-state index in [4.69, 9.17) is 5.73 Å². The molecule has 7 N–H and O–H groups in total. The summed E-state index contributed by atoms with van der Waals surface area (Å²) < 4.78 is 0. The van der Waals surface area contributed by atoms with Crippen LogP contribution in [0.5, 0.6) is 5.75 Å². The van der Waals surface area contributed by atoms with Gasteiger partial charge < -0.3 is 36.4 Å². The van der Waals surface area contributed by atoms with Crippen molar-refractivity contribution in [3.63, 3.8) is 0 Å². The van der Waals surface area contributed by atoms with E-state index in [2.05, 4.69) is 5.32 Å². The molecule has 3 aliphatic carbocycles. The Balaban J connectivity index is 1.89. The standard InChI is InChI=1S/C30H40N4O8/c1-29(2,3)9-8-18(35)32-16-12-17(33(4)5)14-10-13-11-15-22(34(6)7)25(38)21(28(31)41)27(40)30(15,42)26(39)19(13)24(37)20(14)23(16)36/h12-13,15,22,36-37,40,42H,8-11H2,1-7H3,(H2,31,41)(H,32,35)/t13-,15-,22-,30-/m0/s1. The molecule has 3 aliphatic rings. The number of fused-ring (bicyclic) bond motifs is 3. The Bertz CT molecular complexity index is 1450. The van der Waals surface area contributed by atoms with E-state index in [-0.39, 0.29) is 47.4 Å². The highest BCUT2D eigenvalue weighted by molar-refractivity contribution is 6.24. The second kappa shape index (κ2) is 10.4. The van der Waals surface area contributed by atoms with Crippen molar-refractivity contribution in [2.75, 3.05) is 38.4 Å². The van der Waals surface area contributed by atoms with E-state index in [0.29, 0.717) is 17.7 Å². The van der Waals surface area contributed by atoms with E-state index in [0.717, 1.165) is 0 Å². The monoisotopic (exact) mass is 584 g/mol. The molecule has 1 aromatic rings. The molecule has 228 valence electrons. The summed E-state index contributed by atoms with van der Waals surface area (Å²) >= 11 is 0. The molecule has 4 atom stereocenters. The highest BCUT2D eigenvalue weighted by Crippen LogP contribution is 2.54. The van der Waals surface area contributed by atoms with E-state index in [1.165, 1.54) is 4.90 Å². The van der Waals surface area contributed by atoms with Crippen molar-refractivity contribution in [2.24, 2.45) is 23.0 Å². The zero-order valence-corrected chi connectivity index (χ0v) is 25.0. The van der Waals surface area contributed by atoms with Crippen LogP contribution in [0.25, 0.3) is 5.76 Å². The topological polar surface area (TPSA) is 194 Å². The average molecular weight is 585 g/mol. The Morgan fingerprint density at radius 1 is 1.12 bits per heavy atom. The number of anilines is 2. The van der Waals surface area contributed by atoms with Crippen molar-refractivity contribution < 1.29 is 39.6 Å². The maximum Gasteiger partial charge on any atom is 0.255 e. The number of carbonyl (C=O) groups is 4. The van der Waals surface area contributed by atoms with Gasteiger partial charge in [0.05, 0.1) is 17.3 Å². The number of aliphatic hydroxyl groups excluding tert-OH is 2. The Hall–Kier alpha value is -3.90. The normalized spacial score (nSPS) is 25.7. The van der Waals surface area contributed by atoms with Crippen molar-refractivity contribution >= 4 is 40.5 Å². The number of aromatic hydroxyl groups is 1. The Morgan fingerprint density at radius 2 is 1.74 bits per heavy atom. The zero-order valence-electron chi connectivity index (χ0n) is 25.0. The van der Waals surface area contributed by atoms with Gasteiger partial charge in [0.1, 0.15) is 22.8 Å². The smallest absolute Gasteiger partial charge is 0.255 e. The lowest BCUT2D eigenvalue weighted by molar-refractivity contribution is -0.153. The van der Waals surface area contributed by atoms with Crippen LogP contribution in [-0.4, -0.2) is 88.5 Å². The molecule has 1 aromatic carbocycles. The van der Waals surface area contributed by atoms with Gasteiger partial charge in [-0.3, -0.25) is 24.1 Å². The van der Waals surface area contributed by atoms with Crippen molar-refractivity contribution in [2.45, 2.75) is 58.1 Å². The SMILES string of the molecule is CN(C)c1cc(NC(=O)CCC(C)(C)C)c(O)c2c1C[C@H]1C[C@H]3[C@H](N(C)C)C(=O)C(C(N)=O)=C(O)[C@@]3(O)C(=O)C1=C2O. The second-order valence-corrected chi connectivity index (χ2v) is 13.1. The van der Waals surface area contributed by atoms with E-state index in [9.17, 15) is 39.6 Å². The lowest BCUT2D eigenvalue weighted by Gasteiger charge is -2.50. The van der Waals surface area contributed by atoms with E-state index in [1.807, 2.05) is 20.8 Å².